The molecular weight excluding hydrogens is 434 g/mol. The summed E-state index contributed by atoms with van der Waals surface area (Å²) in [6.45, 7) is 9.92. The number of ether oxygens (including phenoxy) is 3. The van der Waals surface area contributed by atoms with Gasteiger partial charge in [-0.25, -0.2) is 14.5 Å². The molecular formula is C22H36ClN5O4. The second-order valence-electron chi connectivity index (χ2n) is 7.85. The summed E-state index contributed by atoms with van der Waals surface area (Å²) in [4.78, 5) is 17.1. The Hall–Kier alpha value is -1.94. The molecule has 0 unspecified atom stereocenters. The summed E-state index contributed by atoms with van der Waals surface area (Å²) >= 11 is 0. The summed E-state index contributed by atoms with van der Waals surface area (Å²) in [7, 11) is 0. The monoisotopic (exact) mass is 469 g/mol. The first-order valence-corrected chi connectivity index (χ1v) is 11.3. The second kappa shape index (κ2) is 12.9. The van der Waals surface area contributed by atoms with Crippen molar-refractivity contribution in [3.05, 3.63) is 17.5 Å². The first-order valence-electron chi connectivity index (χ1n) is 11.3. The van der Waals surface area contributed by atoms with Gasteiger partial charge in [0.25, 0.3) is 0 Å². The third-order valence-corrected chi connectivity index (χ3v) is 5.58. The molecule has 10 heteroatoms. The van der Waals surface area contributed by atoms with Crippen LogP contribution >= 0.6 is 12.4 Å². The number of hydrogen-bond donors (Lipinski definition) is 2. The fraction of sp³-hybridized carbons (Fsp3) is 0.682. The maximum atomic E-state index is 12.5. The molecule has 0 aliphatic carbocycles. The van der Waals surface area contributed by atoms with Crippen molar-refractivity contribution in [3.63, 3.8) is 0 Å². The van der Waals surface area contributed by atoms with Gasteiger partial charge in [0.2, 0.25) is 0 Å². The Morgan fingerprint density at radius 3 is 2.34 bits per heavy atom. The summed E-state index contributed by atoms with van der Waals surface area (Å²) in [6, 6.07) is 0.677. The Labute approximate surface area is 195 Å². The molecule has 0 atom stereocenters. The number of rotatable bonds is 5. The minimum atomic E-state index is -0.344. The van der Waals surface area contributed by atoms with Crippen molar-refractivity contribution in [2.45, 2.75) is 65.1 Å². The van der Waals surface area contributed by atoms with Crippen LogP contribution in [0.4, 0.5) is 5.69 Å². The summed E-state index contributed by atoms with van der Waals surface area (Å²) in [5.74, 6) is -0.344. The Morgan fingerprint density at radius 2 is 1.81 bits per heavy atom. The van der Waals surface area contributed by atoms with Crippen molar-refractivity contribution < 1.29 is 19.0 Å². The minimum Gasteiger partial charge on any atom is -0.462 e. The zero-order chi connectivity index (χ0) is 22.2. The highest BCUT2D eigenvalue weighted by Gasteiger charge is 2.25. The van der Waals surface area contributed by atoms with Crippen LogP contribution in [-0.2, 0) is 20.8 Å². The molecule has 4 heterocycles. The SMILES string of the molecule is CCOC(=O)c1c(C)nc2c(cnn2CC)c1NC1CCOCC1.Cl.NC1CCOCC1. The normalized spacial score (nSPS) is 17.2. The number of halogens is 1. The molecule has 0 saturated carbocycles. The average Bonchev–Trinajstić information content (AvgIpc) is 3.18. The largest absolute Gasteiger partial charge is 0.462 e. The van der Waals surface area contributed by atoms with Crippen LogP contribution in [0.1, 0.15) is 55.6 Å². The number of aryl methyl sites for hydroxylation is 2. The van der Waals surface area contributed by atoms with Gasteiger partial charge in [0.15, 0.2) is 5.65 Å². The van der Waals surface area contributed by atoms with Crippen LogP contribution < -0.4 is 11.1 Å². The Balaban J connectivity index is 0.000000388. The molecule has 0 spiro atoms. The number of pyridine rings is 1. The van der Waals surface area contributed by atoms with Crippen molar-refractivity contribution in [2.75, 3.05) is 38.4 Å². The van der Waals surface area contributed by atoms with Gasteiger partial charge >= 0.3 is 5.97 Å². The smallest absolute Gasteiger partial charge is 0.342 e. The van der Waals surface area contributed by atoms with Gasteiger partial charge in [0.1, 0.15) is 5.56 Å². The molecule has 0 aromatic carbocycles. The summed E-state index contributed by atoms with van der Waals surface area (Å²) in [5, 5.41) is 8.79. The van der Waals surface area contributed by atoms with Gasteiger partial charge in [-0.15, -0.1) is 12.4 Å². The number of carbonyl (C=O) groups is 1. The number of aromatic nitrogens is 3. The number of nitrogens with two attached hydrogens (primary N) is 1. The molecule has 2 saturated heterocycles. The summed E-state index contributed by atoms with van der Waals surface area (Å²) < 4.78 is 17.6. The number of nitrogens with one attached hydrogen (secondary N) is 1. The number of fused-ring (bicyclic) bond motifs is 1. The van der Waals surface area contributed by atoms with E-state index in [1.54, 1.807) is 13.1 Å². The van der Waals surface area contributed by atoms with Crippen LogP contribution in [-0.4, -0.2) is 65.9 Å². The fourth-order valence-corrected chi connectivity index (χ4v) is 3.80. The lowest BCUT2D eigenvalue weighted by Crippen LogP contribution is -2.29. The molecule has 2 aliphatic heterocycles. The first-order chi connectivity index (χ1) is 15.0. The third-order valence-electron chi connectivity index (χ3n) is 5.58. The van der Waals surface area contributed by atoms with Gasteiger partial charge in [-0.1, -0.05) is 0 Å². The van der Waals surface area contributed by atoms with Crippen LogP contribution in [0.2, 0.25) is 0 Å². The highest BCUT2D eigenvalue weighted by Crippen LogP contribution is 2.31. The maximum Gasteiger partial charge on any atom is 0.342 e. The van der Waals surface area contributed by atoms with Crippen molar-refractivity contribution in [1.82, 2.24) is 14.8 Å². The highest BCUT2D eigenvalue weighted by molar-refractivity contribution is 6.05. The lowest BCUT2D eigenvalue weighted by atomic mass is 10.0. The zero-order valence-corrected chi connectivity index (χ0v) is 20.1. The number of hydrogen-bond acceptors (Lipinski definition) is 8. The van der Waals surface area contributed by atoms with E-state index in [0.717, 1.165) is 75.4 Å². The Morgan fingerprint density at radius 1 is 1.19 bits per heavy atom. The van der Waals surface area contributed by atoms with Gasteiger partial charge < -0.3 is 25.3 Å². The van der Waals surface area contributed by atoms with E-state index in [9.17, 15) is 4.79 Å². The molecule has 2 aromatic heterocycles. The van der Waals surface area contributed by atoms with Gasteiger partial charge in [-0.2, -0.15) is 5.10 Å². The maximum absolute atomic E-state index is 12.5. The van der Waals surface area contributed by atoms with Crippen molar-refractivity contribution in [1.29, 1.82) is 0 Å². The molecule has 32 heavy (non-hydrogen) atoms. The van der Waals surface area contributed by atoms with Crippen LogP contribution in [0.3, 0.4) is 0 Å². The van der Waals surface area contributed by atoms with Crippen molar-refractivity contribution >= 4 is 35.1 Å². The summed E-state index contributed by atoms with van der Waals surface area (Å²) in [5.41, 5.74) is 8.29. The van der Waals surface area contributed by atoms with Crippen LogP contribution in [0, 0.1) is 6.92 Å². The molecule has 2 fully saturated rings. The Bertz CT molecular complexity index is 864. The van der Waals surface area contributed by atoms with E-state index < -0.39 is 0 Å². The van der Waals surface area contributed by atoms with E-state index >= 15 is 0 Å². The highest BCUT2D eigenvalue weighted by atomic mass is 35.5. The standard InChI is InChI=1S/C17H24N4O3.C5H11NO.ClH/c1-4-21-16-13(10-18-21)15(20-12-6-8-23-9-7-12)14(11(3)19-16)17(22)24-5-2;6-5-1-3-7-4-2-5;/h10,12H,4-9H2,1-3H3,(H,19,20);5H,1-4,6H2;1H. The van der Waals surface area contributed by atoms with E-state index in [1.165, 1.54) is 0 Å². The lowest BCUT2D eigenvalue weighted by Gasteiger charge is -2.25. The Kier molecular flexibility index (Phi) is 10.6. The number of carbonyl (C=O) groups excluding carboxylic acids is 1. The quantitative estimate of drug-likeness (QED) is 0.642. The predicted molar refractivity (Wildman–Crippen MR) is 127 cm³/mol. The van der Waals surface area contributed by atoms with Crippen LogP contribution in [0.25, 0.3) is 11.0 Å². The number of nitrogens with zero attached hydrogens (tertiary/aromatic N) is 3. The molecule has 4 rings (SSSR count). The first kappa shape index (κ1) is 26.3. The third kappa shape index (κ3) is 6.54. The van der Waals surface area contributed by atoms with Gasteiger partial charge in [-0.05, 0) is 46.5 Å². The van der Waals surface area contributed by atoms with Gasteiger partial charge in [-0.3, -0.25) is 0 Å². The topological polar surface area (TPSA) is 114 Å². The molecule has 0 amide bonds. The molecule has 9 nitrogen and oxygen atoms in total. The van der Waals surface area contributed by atoms with Crippen LogP contribution in [0.5, 0.6) is 0 Å². The molecule has 0 radical (unpaired) electrons. The van der Waals surface area contributed by atoms with E-state index in [1.807, 2.05) is 18.5 Å². The predicted octanol–water partition coefficient (Wildman–Crippen LogP) is 3.07. The molecule has 2 aromatic rings. The van der Waals surface area contributed by atoms with E-state index in [2.05, 4.69) is 15.4 Å². The summed E-state index contributed by atoms with van der Waals surface area (Å²) in [6.07, 6.45) is 5.68. The fourth-order valence-electron chi connectivity index (χ4n) is 3.80. The minimum absolute atomic E-state index is 0. The van der Waals surface area contributed by atoms with E-state index in [-0.39, 0.29) is 24.4 Å². The second-order valence-corrected chi connectivity index (χ2v) is 7.85. The van der Waals surface area contributed by atoms with E-state index in [4.69, 9.17) is 19.9 Å². The molecule has 3 N–H and O–H groups in total. The average molecular weight is 470 g/mol. The lowest BCUT2D eigenvalue weighted by molar-refractivity contribution is 0.0526. The zero-order valence-electron chi connectivity index (χ0n) is 19.3. The van der Waals surface area contributed by atoms with Gasteiger partial charge in [0, 0.05) is 45.1 Å². The molecule has 0 bridgehead atoms. The van der Waals surface area contributed by atoms with E-state index in [0.29, 0.717) is 23.9 Å². The van der Waals surface area contributed by atoms with Crippen molar-refractivity contribution in [2.24, 2.45) is 5.73 Å². The molecule has 2 aliphatic rings. The number of esters is 1. The van der Waals surface area contributed by atoms with Gasteiger partial charge in [0.05, 0.1) is 29.6 Å². The molecule has 180 valence electrons. The van der Waals surface area contributed by atoms with Crippen molar-refractivity contribution in [3.8, 4) is 0 Å². The number of anilines is 1. The van der Waals surface area contributed by atoms with Crippen LogP contribution in [0.15, 0.2) is 6.20 Å².